The van der Waals surface area contributed by atoms with Crippen LogP contribution in [0.3, 0.4) is 0 Å². The third-order valence-electron chi connectivity index (χ3n) is 3.82. The highest BCUT2D eigenvalue weighted by molar-refractivity contribution is 7.87. The Balaban J connectivity index is 1.98. The molecule has 0 amide bonds. The van der Waals surface area contributed by atoms with E-state index in [1.165, 1.54) is 18.2 Å². The van der Waals surface area contributed by atoms with Crippen molar-refractivity contribution in [1.82, 2.24) is 0 Å². The van der Waals surface area contributed by atoms with Crippen molar-refractivity contribution in [3.05, 3.63) is 47.5 Å². The van der Waals surface area contributed by atoms with Crippen LogP contribution in [-0.2, 0) is 10.1 Å². The van der Waals surface area contributed by atoms with E-state index in [0.29, 0.717) is 0 Å². The highest BCUT2D eigenvalue weighted by atomic mass is 32.2. The van der Waals surface area contributed by atoms with Crippen LogP contribution in [-0.4, -0.2) is 24.9 Å². The summed E-state index contributed by atoms with van der Waals surface area (Å²) in [5.74, 6) is -0.651. The molecule has 0 spiro atoms. The lowest BCUT2D eigenvalue weighted by Crippen LogP contribution is -2.35. The summed E-state index contributed by atoms with van der Waals surface area (Å²) in [6, 6.07) is 8.59. The van der Waals surface area contributed by atoms with Crippen molar-refractivity contribution in [2.24, 2.45) is 0 Å². The first kappa shape index (κ1) is 17.3. The first-order chi connectivity index (χ1) is 11.6. The van der Waals surface area contributed by atoms with Gasteiger partial charge in [-0.25, -0.2) is 0 Å². The highest BCUT2D eigenvalue weighted by Crippen LogP contribution is 2.41. The molecule has 0 saturated heterocycles. The number of Topliss-reactive ketones (excluding diaryl/α,β-unsaturated/α-hetero) is 1. The number of aryl methyl sites for hydroxylation is 1. The smallest absolute Gasteiger partial charge is 0.339 e. The van der Waals surface area contributed by atoms with Crippen LogP contribution in [0.15, 0.2) is 41.3 Å². The Kier molecular flexibility index (Phi) is 3.99. The van der Waals surface area contributed by atoms with Gasteiger partial charge in [0.25, 0.3) is 0 Å². The Bertz CT molecular complexity index is 942. The number of carbonyl (C=O) groups is 1. The molecule has 2 aromatic rings. The fourth-order valence-electron chi connectivity index (χ4n) is 2.67. The molecule has 0 aromatic heterocycles. The van der Waals surface area contributed by atoms with Gasteiger partial charge < -0.3 is 14.0 Å². The zero-order valence-electron chi connectivity index (χ0n) is 14.1. The third-order valence-corrected chi connectivity index (χ3v) is 5.08. The third kappa shape index (κ3) is 3.46. The number of hydrogen-bond donors (Lipinski definition) is 1. The second-order valence-corrected chi connectivity index (χ2v) is 8.17. The quantitative estimate of drug-likeness (QED) is 0.843. The lowest BCUT2D eigenvalue weighted by atomic mass is 9.92. The molecular formula is C18H18O6S. The molecule has 1 N–H and O–H groups in total. The molecule has 1 heterocycles. The van der Waals surface area contributed by atoms with Crippen molar-refractivity contribution in [2.45, 2.75) is 37.7 Å². The number of phenols is 1. The van der Waals surface area contributed by atoms with Gasteiger partial charge in [-0.2, -0.15) is 8.42 Å². The molecule has 0 radical (unpaired) electrons. The minimum atomic E-state index is -4.07. The zero-order chi connectivity index (χ0) is 18.4. The first-order valence-electron chi connectivity index (χ1n) is 7.68. The van der Waals surface area contributed by atoms with E-state index in [-0.39, 0.29) is 39.9 Å². The SMILES string of the molecule is Cc1ccc(S(=O)(=O)Oc2cc(O)c3c(c2)OC(C)(C)CC3=O)cc1. The van der Waals surface area contributed by atoms with Gasteiger partial charge in [0.1, 0.15) is 33.3 Å². The van der Waals surface area contributed by atoms with Crippen LogP contribution in [0.25, 0.3) is 0 Å². The molecule has 0 aliphatic carbocycles. The number of fused-ring (bicyclic) bond motifs is 1. The van der Waals surface area contributed by atoms with Crippen molar-refractivity contribution in [2.75, 3.05) is 0 Å². The van der Waals surface area contributed by atoms with Crippen LogP contribution in [0, 0.1) is 6.92 Å². The molecule has 2 aromatic carbocycles. The number of rotatable bonds is 3. The number of benzene rings is 2. The molecule has 6 nitrogen and oxygen atoms in total. The van der Waals surface area contributed by atoms with Gasteiger partial charge in [0.05, 0.1) is 6.42 Å². The first-order valence-corrected chi connectivity index (χ1v) is 9.09. The molecule has 0 fully saturated rings. The van der Waals surface area contributed by atoms with E-state index < -0.39 is 15.7 Å². The summed E-state index contributed by atoms with van der Waals surface area (Å²) in [7, 11) is -4.07. The summed E-state index contributed by atoms with van der Waals surface area (Å²) in [6.07, 6.45) is 0.120. The van der Waals surface area contributed by atoms with Gasteiger partial charge in [-0.1, -0.05) is 17.7 Å². The van der Waals surface area contributed by atoms with Gasteiger partial charge in [0.2, 0.25) is 0 Å². The van der Waals surface area contributed by atoms with Gasteiger partial charge in [0.15, 0.2) is 5.78 Å². The zero-order valence-corrected chi connectivity index (χ0v) is 14.9. The van der Waals surface area contributed by atoms with Crippen LogP contribution in [0.1, 0.15) is 36.2 Å². The van der Waals surface area contributed by atoms with E-state index in [2.05, 4.69) is 0 Å². The minimum Gasteiger partial charge on any atom is -0.507 e. The largest absolute Gasteiger partial charge is 0.507 e. The topological polar surface area (TPSA) is 89.9 Å². The van der Waals surface area contributed by atoms with E-state index in [1.54, 1.807) is 26.0 Å². The number of hydrogen-bond acceptors (Lipinski definition) is 6. The molecule has 7 heteroatoms. The molecule has 0 atom stereocenters. The molecule has 3 rings (SSSR count). The summed E-state index contributed by atoms with van der Waals surface area (Å²) < 4.78 is 35.5. The lowest BCUT2D eigenvalue weighted by molar-refractivity contribution is 0.0614. The second-order valence-electron chi connectivity index (χ2n) is 6.63. The molecular weight excluding hydrogens is 344 g/mol. The van der Waals surface area contributed by atoms with Crippen LogP contribution < -0.4 is 8.92 Å². The predicted molar refractivity (Wildman–Crippen MR) is 90.8 cm³/mol. The van der Waals surface area contributed by atoms with E-state index in [9.17, 15) is 18.3 Å². The van der Waals surface area contributed by atoms with E-state index in [1.807, 2.05) is 6.92 Å². The predicted octanol–water partition coefficient (Wildman–Crippen LogP) is 3.21. The fourth-order valence-corrected chi connectivity index (χ4v) is 3.59. The fraction of sp³-hybridized carbons (Fsp3) is 0.278. The number of ether oxygens (including phenoxy) is 1. The molecule has 1 aliphatic heterocycles. The summed E-state index contributed by atoms with van der Waals surface area (Å²) in [5, 5.41) is 10.1. The normalized spacial score (nSPS) is 16.0. The van der Waals surface area contributed by atoms with Crippen LogP contribution in [0.2, 0.25) is 0 Å². The van der Waals surface area contributed by atoms with Crippen molar-refractivity contribution in [3.63, 3.8) is 0 Å². The van der Waals surface area contributed by atoms with E-state index in [0.717, 1.165) is 11.6 Å². The van der Waals surface area contributed by atoms with Crippen molar-refractivity contribution >= 4 is 15.9 Å². The maximum Gasteiger partial charge on any atom is 0.339 e. The maximum atomic E-state index is 12.4. The Morgan fingerprint density at radius 3 is 2.44 bits per heavy atom. The van der Waals surface area contributed by atoms with E-state index >= 15 is 0 Å². The van der Waals surface area contributed by atoms with Gasteiger partial charge >= 0.3 is 10.1 Å². The average molecular weight is 362 g/mol. The molecule has 1 aliphatic rings. The summed E-state index contributed by atoms with van der Waals surface area (Å²) in [4.78, 5) is 12.2. The summed E-state index contributed by atoms with van der Waals surface area (Å²) >= 11 is 0. The summed E-state index contributed by atoms with van der Waals surface area (Å²) in [5.41, 5.74) is 0.212. The lowest BCUT2D eigenvalue weighted by Gasteiger charge is -2.31. The van der Waals surface area contributed by atoms with Crippen molar-refractivity contribution in [1.29, 1.82) is 0 Å². The Morgan fingerprint density at radius 2 is 1.80 bits per heavy atom. The number of aromatic hydroxyl groups is 1. The van der Waals surface area contributed by atoms with Gasteiger partial charge in [-0.3, -0.25) is 4.79 Å². The van der Waals surface area contributed by atoms with E-state index in [4.69, 9.17) is 8.92 Å². The minimum absolute atomic E-state index is 0.00682. The van der Waals surface area contributed by atoms with Crippen molar-refractivity contribution < 1.29 is 27.2 Å². The number of ketones is 1. The second kappa shape index (κ2) is 5.77. The van der Waals surface area contributed by atoms with Gasteiger partial charge in [-0.15, -0.1) is 0 Å². The van der Waals surface area contributed by atoms with Gasteiger partial charge in [-0.05, 0) is 32.9 Å². The maximum absolute atomic E-state index is 12.4. The number of phenolic OH excluding ortho intramolecular Hbond substituents is 1. The Morgan fingerprint density at radius 1 is 1.16 bits per heavy atom. The molecule has 0 unspecified atom stereocenters. The van der Waals surface area contributed by atoms with Gasteiger partial charge in [0, 0.05) is 12.1 Å². The molecule has 0 bridgehead atoms. The average Bonchev–Trinajstić information content (AvgIpc) is 2.44. The molecule has 25 heavy (non-hydrogen) atoms. The Hall–Kier alpha value is -2.54. The van der Waals surface area contributed by atoms with Crippen LogP contribution >= 0.6 is 0 Å². The molecule has 132 valence electrons. The number of carbonyl (C=O) groups excluding carboxylic acids is 1. The van der Waals surface area contributed by atoms with Crippen molar-refractivity contribution in [3.8, 4) is 17.2 Å². The van der Waals surface area contributed by atoms with Crippen LogP contribution in [0.5, 0.6) is 17.2 Å². The standard InChI is InChI=1S/C18H18O6S/c1-11-4-6-13(7-5-11)25(21,22)24-12-8-14(19)17-15(20)10-18(2,3)23-16(17)9-12/h4-9,19H,10H2,1-3H3. The Labute approximate surface area is 146 Å². The highest BCUT2D eigenvalue weighted by Gasteiger charge is 2.35. The molecule has 0 saturated carbocycles. The monoisotopic (exact) mass is 362 g/mol. The van der Waals surface area contributed by atoms with Crippen LogP contribution in [0.4, 0.5) is 0 Å². The summed E-state index contributed by atoms with van der Waals surface area (Å²) in [6.45, 7) is 5.32.